The predicted octanol–water partition coefficient (Wildman–Crippen LogP) is 2.66. The molecule has 0 aliphatic carbocycles. The van der Waals surface area contributed by atoms with Crippen molar-refractivity contribution in [2.75, 3.05) is 31.0 Å². The first-order valence-corrected chi connectivity index (χ1v) is 10.8. The van der Waals surface area contributed by atoms with Gasteiger partial charge in [-0.1, -0.05) is 30.3 Å². The van der Waals surface area contributed by atoms with E-state index in [1.54, 1.807) is 17.0 Å². The highest BCUT2D eigenvalue weighted by Gasteiger charge is 2.25. The molecule has 29 heavy (non-hydrogen) atoms. The molecule has 1 fully saturated rings. The van der Waals surface area contributed by atoms with Gasteiger partial charge in [0.15, 0.2) is 11.3 Å². The van der Waals surface area contributed by atoms with Crippen LogP contribution in [-0.2, 0) is 21.2 Å². The van der Waals surface area contributed by atoms with E-state index < -0.39 is 10.0 Å². The topological polar surface area (TPSA) is 102 Å². The molecule has 2 heterocycles. The van der Waals surface area contributed by atoms with Crippen LogP contribution in [0, 0.1) is 0 Å². The minimum atomic E-state index is -3.85. The molecule has 1 aromatic heterocycles. The van der Waals surface area contributed by atoms with Gasteiger partial charge in [-0.05, 0) is 36.2 Å². The van der Waals surface area contributed by atoms with Crippen molar-refractivity contribution in [2.24, 2.45) is 0 Å². The number of sulfonamides is 1. The molecule has 0 atom stereocenters. The van der Waals surface area contributed by atoms with Gasteiger partial charge in [0.05, 0.1) is 29.2 Å². The van der Waals surface area contributed by atoms with E-state index >= 15 is 0 Å². The molecule has 2 aromatic carbocycles. The van der Waals surface area contributed by atoms with Crippen molar-refractivity contribution < 1.29 is 22.5 Å². The van der Waals surface area contributed by atoms with E-state index in [0.29, 0.717) is 49.4 Å². The summed E-state index contributed by atoms with van der Waals surface area (Å²) in [5, 5.41) is 4.25. The number of fused-ring (bicyclic) bond motifs is 1. The van der Waals surface area contributed by atoms with Gasteiger partial charge in [0, 0.05) is 13.1 Å². The van der Waals surface area contributed by atoms with Crippen molar-refractivity contribution in [3.8, 4) is 0 Å². The minimum Gasteiger partial charge on any atom is -0.378 e. The lowest BCUT2D eigenvalue weighted by Gasteiger charge is -2.25. The number of nitrogens with zero attached hydrogens (tertiary/aromatic N) is 2. The Kier molecular flexibility index (Phi) is 5.25. The minimum absolute atomic E-state index is 0.0372. The van der Waals surface area contributed by atoms with Gasteiger partial charge in [0.25, 0.3) is 15.9 Å². The fraction of sp³-hybridized carbons (Fsp3) is 0.300. The number of nitrogens with one attached hydrogen (secondary N) is 1. The Labute approximate surface area is 168 Å². The quantitative estimate of drug-likeness (QED) is 0.687. The summed E-state index contributed by atoms with van der Waals surface area (Å²) in [5.74, 6) is -0.300. The lowest BCUT2D eigenvalue weighted by Crippen LogP contribution is -2.40. The maximum atomic E-state index is 12.9. The second kappa shape index (κ2) is 7.84. The number of morpholine rings is 1. The van der Waals surface area contributed by atoms with Gasteiger partial charge < -0.3 is 14.2 Å². The number of aryl methyl sites for hydroxylation is 1. The smallest absolute Gasteiger partial charge is 0.276 e. The Bertz CT molecular complexity index is 1150. The Balaban J connectivity index is 1.68. The molecule has 1 aliphatic rings. The van der Waals surface area contributed by atoms with Crippen LogP contribution in [0.25, 0.3) is 11.0 Å². The number of ether oxygens (including phenoxy) is 1. The normalized spacial score (nSPS) is 14.9. The average Bonchev–Trinajstić information content (AvgIpc) is 3.17. The number of para-hydroxylation sites is 1. The Morgan fingerprint density at radius 1 is 1.17 bits per heavy atom. The number of hydrogen-bond acceptors (Lipinski definition) is 6. The van der Waals surface area contributed by atoms with Crippen molar-refractivity contribution in [1.29, 1.82) is 0 Å². The SMILES string of the molecule is CCc1ccccc1NS(=O)(=O)c1ccc2onc(C(=O)N3CCOCC3)c2c1. The average molecular weight is 415 g/mol. The van der Waals surface area contributed by atoms with Gasteiger partial charge in [0.1, 0.15) is 0 Å². The maximum absolute atomic E-state index is 12.9. The first-order chi connectivity index (χ1) is 14.0. The highest BCUT2D eigenvalue weighted by molar-refractivity contribution is 7.92. The van der Waals surface area contributed by atoms with E-state index in [1.807, 2.05) is 19.1 Å². The van der Waals surface area contributed by atoms with Crippen LogP contribution in [0.2, 0.25) is 0 Å². The summed E-state index contributed by atoms with van der Waals surface area (Å²) in [4.78, 5) is 14.5. The summed E-state index contributed by atoms with van der Waals surface area (Å²) in [6.07, 6.45) is 0.696. The third kappa shape index (κ3) is 3.83. The van der Waals surface area contributed by atoms with Crippen LogP contribution in [-0.4, -0.2) is 50.7 Å². The molecule has 3 aromatic rings. The number of hydrogen-bond donors (Lipinski definition) is 1. The molecule has 4 rings (SSSR count). The number of carbonyl (C=O) groups is 1. The van der Waals surface area contributed by atoms with E-state index in [9.17, 15) is 13.2 Å². The molecule has 0 spiro atoms. The fourth-order valence-electron chi connectivity index (χ4n) is 3.29. The van der Waals surface area contributed by atoms with E-state index in [-0.39, 0.29) is 16.5 Å². The van der Waals surface area contributed by atoms with Crippen molar-refractivity contribution >= 4 is 32.6 Å². The molecule has 1 saturated heterocycles. The number of amides is 1. The van der Waals surface area contributed by atoms with Crippen molar-refractivity contribution in [2.45, 2.75) is 18.2 Å². The van der Waals surface area contributed by atoms with Crippen LogP contribution in [0.4, 0.5) is 5.69 Å². The molecule has 0 saturated carbocycles. The van der Waals surface area contributed by atoms with Gasteiger partial charge in [-0.3, -0.25) is 9.52 Å². The molecular weight excluding hydrogens is 394 g/mol. The van der Waals surface area contributed by atoms with Crippen LogP contribution >= 0.6 is 0 Å². The molecule has 8 nitrogen and oxygen atoms in total. The van der Waals surface area contributed by atoms with E-state index in [2.05, 4.69) is 9.88 Å². The summed E-state index contributed by atoms with van der Waals surface area (Å²) in [6, 6.07) is 11.6. The molecule has 1 aliphatic heterocycles. The molecule has 9 heteroatoms. The lowest BCUT2D eigenvalue weighted by molar-refractivity contribution is 0.0297. The van der Waals surface area contributed by atoms with Crippen molar-refractivity contribution in [3.05, 3.63) is 53.7 Å². The van der Waals surface area contributed by atoms with E-state index in [1.165, 1.54) is 18.2 Å². The standard InChI is InChI=1S/C20H21N3O5S/c1-2-14-5-3-4-6-17(14)22-29(25,26)15-7-8-18-16(13-15)19(21-28-18)20(24)23-9-11-27-12-10-23/h3-8,13,22H,2,9-12H2,1H3. The molecule has 0 radical (unpaired) electrons. The van der Waals surface area contributed by atoms with Gasteiger partial charge in [-0.15, -0.1) is 0 Å². The fourth-order valence-corrected chi connectivity index (χ4v) is 4.41. The zero-order valence-corrected chi connectivity index (χ0v) is 16.7. The van der Waals surface area contributed by atoms with Crippen LogP contribution in [0.1, 0.15) is 23.0 Å². The Morgan fingerprint density at radius 3 is 2.69 bits per heavy atom. The Hall–Kier alpha value is -2.91. The first-order valence-electron chi connectivity index (χ1n) is 9.37. The first kappa shape index (κ1) is 19.4. The van der Waals surface area contributed by atoms with Gasteiger partial charge >= 0.3 is 0 Å². The lowest BCUT2D eigenvalue weighted by atomic mass is 10.1. The summed E-state index contributed by atoms with van der Waals surface area (Å²) in [7, 11) is -3.85. The number of benzene rings is 2. The van der Waals surface area contributed by atoms with Crippen LogP contribution in [0.5, 0.6) is 0 Å². The number of carbonyl (C=O) groups excluding carboxylic acids is 1. The molecule has 152 valence electrons. The monoisotopic (exact) mass is 415 g/mol. The Morgan fingerprint density at radius 2 is 1.93 bits per heavy atom. The molecular formula is C20H21N3O5S. The van der Waals surface area contributed by atoms with E-state index in [4.69, 9.17) is 9.26 Å². The van der Waals surface area contributed by atoms with Gasteiger partial charge in [0.2, 0.25) is 0 Å². The number of anilines is 1. The highest BCUT2D eigenvalue weighted by atomic mass is 32.2. The largest absolute Gasteiger partial charge is 0.378 e. The van der Waals surface area contributed by atoms with Crippen molar-refractivity contribution in [3.63, 3.8) is 0 Å². The van der Waals surface area contributed by atoms with Crippen LogP contribution in [0.3, 0.4) is 0 Å². The molecule has 0 unspecified atom stereocenters. The zero-order chi connectivity index (χ0) is 20.4. The molecule has 1 amide bonds. The maximum Gasteiger partial charge on any atom is 0.276 e. The summed E-state index contributed by atoms with van der Waals surface area (Å²) in [5.41, 5.74) is 1.89. The zero-order valence-electron chi connectivity index (χ0n) is 15.9. The summed E-state index contributed by atoms with van der Waals surface area (Å²) >= 11 is 0. The third-order valence-electron chi connectivity index (χ3n) is 4.90. The summed E-state index contributed by atoms with van der Waals surface area (Å²) < 4.78 is 39.0. The third-order valence-corrected chi connectivity index (χ3v) is 6.26. The van der Waals surface area contributed by atoms with Crippen LogP contribution < -0.4 is 4.72 Å². The van der Waals surface area contributed by atoms with Crippen LogP contribution in [0.15, 0.2) is 51.9 Å². The number of rotatable bonds is 5. The van der Waals surface area contributed by atoms with Gasteiger partial charge in [-0.2, -0.15) is 0 Å². The molecule has 1 N–H and O–H groups in total. The second-order valence-electron chi connectivity index (χ2n) is 6.71. The highest BCUT2D eigenvalue weighted by Crippen LogP contribution is 2.26. The van der Waals surface area contributed by atoms with Gasteiger partial charge in [-0.25, -0.2) is 8.42 Å². The number of aromatic nitrogens is 1. The molecule has 0 bridgehead atoms. The van der Waals surface area contributed by atoms with Crippen molar-refractivity contribution in [1.82, 2.24) is 10.1 Å². The second-order valence-corrected chi connectivity index (χ2v) is 8.39. The summed E-state index contributed by atoms with van der Waals surface area (Å²) in [6.45, 7) is 3.80. The van der Waals surface area contributed by atoms with E-state index in [0.717, 1.165) is 5.56 Å². The predicted molar refractivity (Wildman–Crippen MR) is 107 cm³/mol.